The highest BCUT2D eigenvalue weighted by Gasteiger charge is 2.05. The van der Waals surface area contributed by atoms with Gasteiger partial charge in [0, 0.05) is 23.9 Å². The molecule has 2 aromatic rings. The van der Waals surface area contributed by atoms with Crippen molar-refractivity contribution in [3.05, 3.63) is 47.8 Å². The van der Waals surface area contributed by atoms with Gasteiger partial charge in [0.1, 0.15) is 6.61 Å². The molecule has 0 unspecified atom stereocenters. The minimum atomic E-state index is -0.200. The lowest BCUT2D eigenvalue weighted by atomic mass is 10.1. The summed E-state index contributed by atoms with van der Waals surface area (Å²) in [5.74, 6) is 5.14. The van der Waals surface area contributed by atoms with Gasteiger partial charge in [-0.05, 0) is 18.2 Å². The molecule has 2 N–H and O–H groups in total. The first-order valence-electron chi connectivity index (χ1n) is 6.11. The fourth-order valence-corrected chi connectivity index (χ4v) is 1.62. The van der Waals surface area contributed by atoms with Crippen molar-refractivity contribution in [1.29, 1.82) is 0 Å². The van der Waals surface area contributed by atoms with Crippen molar-refractivity contribution in [2.24, 2.45) is 0 Å². The Morgan fingerprint density at radius 1 is 1.45 bits per heavy atom. The molecule has 1 heterocycles. The summed E-state index contributed by atoms with van der Waals surface area (Å²) in [6.07, 6.45) is 3.32. The number of aromatic nitrogens is 3. The van der Waals surface area contributed by atoms with Crippen molar-refractivity contribution in [2.45, 2.75) is 6.54 Å². The SMILES string of the molecule is O=C(NCCn1ccnn1)c1cccc(C#CCO)c1. The molecule has 6 heteroatoms. The Hall–Kier alpha value is -2.65. The van der Waals surface area contributed by atoms with Gasteiger partial charge in [0.25, 0.3) is 5.91 Å². The molecule has 1 aromatic heterocycles. The lowest BCUT2D eigenvalue weighted by Crippen LogP contribution is -2.27. The predicted molar refractivity (Wildman–Crippen MR) is 72.8 cm³/mol. The fraction of sp³-hybridized carbons (Fsp3) is 0.214. The third kappa shape index (κ3) is 3.93. The minimum absolute atomic E-state index is 0.169. The topological polar surface area (TPSA) is 80.0 Å². The Morgan fingerprint density at radius 2 is 2.35 bits per heavy atom. The molecular weight excluding hydrogens is 256 g/mol. The average molecular weight is 270 g/mol. The normalized spacial score (nSPS) is 9.65. The van der Waals surface area contributed by atoms with Gasteiger partial charge in [0.15, 0.2) is 0 Å². The summed E-state index contributed by atoms with van der Waals surface area (Å²) >= 11 is 0. The minimum Gasteiger partial charge on any atom is -0.384 e. The molecule has 0 bridgehead atoms. The zero-order chi connectivity index (χ0) is 14.2. The number of carbonyl (C=O) groups is 1. The molecule has 20 heavy (non-hydrogen) atoms. The standard InChI is InChI=1S/C14H14N4O2/c19-10-2-4-12-3-1-5-13(11-12)14(20)15-6-8-18-9-7-16-17-18/h1,3,5,7,9,11,19H,6,8,10H2,(H,15,20). The number of benzene rings is 1. The molecule has 1 amide bonds. The van der Waals surface area contributed by atoms with Crippen LogP contribution in [0.5, 0.6) is 0 Å². The van der Waals surface area contributed by atoms with Crippen molar-refractivity contribution in [1.82, 2.24) is 20.3 Å². The van der Waals surface area contributed by atoms with Crippen LogP contribution in [0.4, 0.5) is 0 Å². The van der Waals surface area contributed by atoms with Crippen molar-refractivity contribution >= 4 is 5.91 Å². The third-order valence-electron chi connectivity index (χ3n) is 2.53. The van der Waals surface area contributed by atoms with Crippen molar-refractivity contribution in [3.63, 3.8) is 0 Å². The fourth-order valence-electron chi connectivity index (χ4n) is 1.62. The zero-order valence-electron chi connectivity index (χ0n) is 10.8. The van der Waals surface area contributed by atoms with Gasteiger partial charge in [-0.2, -0.15) is 0 Å². The van der Waals surface area contributed by atoms with E-state index in [2.05, 4.69) is 27.5 Å². The van der Waals surface area contributed by atoms with Crippen LogP contribution in [0.1, 0.15) is 15.9 Å². The maximum absolute atomic E-state index is 11.9. The first-order valence-corrected chi connectivity index (χ1v) is 6.11. The summed E-state index contributed by atoms with van der Waals surface area (Å²) in [6.45, 7) is 0.832. The Kier molecular flexibility index (Phi) is 4.87. The molecule has 0 atom stereocenters. The molecule has 0 aliphatic rings. The van der Waals surface area contributed by atoms with Gasteiger partial charge >= 0.3 is 0 Å². The second kappa shape index (κ2) is 7.07. The quantitative estimate of drug-likeness (QED) is 0.769. The molecular formula is C14H14N4O2. The van der Waals surface area contributed by atoms with E-state index in [1.807, 2.05) is 0 Å². The Balaban J connectivity index is 1.91. The number of rotatable bonds is 4. The lowest BCUT2D eigenvalue weighted by molar-refractivity contribution is 0.0952. The molecule has 0 saturated heterocycles. The molecule has 2 rings (SSSR count). The van der Waals surface area contributed by atoms with E-state index in [1.54, 1.807) is 41.3 Å². The van der Waals surface area contributed by atoms with E-state index in [0.29, 0.717) is 24.2 Å². The van der Waals surface area contributed by atoms with Gasteiger partial charge < -0.3 is 10.4 Å². The van der Waals surface area contributed by atoms with Crippen molar-refractivity contribution in [3.8, 4) is 11.8 Å². The molecule has 0 saturated carbocycles. The number of hydrogen-bond donors (Lipinski definition) is 2. The lowest BCUT2D eigenvalue weighted by Gasteiger charge is -2.05. The second-order valence-corrected chi connectivity index (χ2v) is 3.96. The first kappa shape index (κ1) is 13.8. The largest absolute Gasteiger partial charge is 0.384 e. The second-order valence-electron chi connectivity index (χ2n) is 3.96. The van der Waals surface area contributed by atoms with Crippen LogP contribution in [-0.4, -0.2) is 39.2 Å². The van der Waals surface area contributed by atoms with Gasteiger partial charge in [-0.3, -0.25) is 9.48 Å². The third-order valence-corrected chi connectivity index (χ3v) is 2.53. The van der Waals surface area contributed by atoms with Gasteiger partial charge in [-0.1, -0.05) is 23.1 Å². The van der Waals surface area contributed by atoms with Gasteiger partial charge in [0.2, 0.25) is 0 Å². The summed E-state index contributed by atoms with van der Waals surface area (Å²) in [5, 5.41) is 18.9. The summed E-state index contributed by atoms with van der Waals surface area (Å²) in [7, 11) is 0. The number of nitrogens with zero attached hydrogens (tertiary/aromatic N) is 3. The number of nitrogens with one attached hydrogen (secondary N) is 1. The van der Waals surface area contributed by atoms with Crippen LogP contribution in [0.2, 0.25) is 0 Å². The molecule has 0 radical (unpaired) electrons. The van der Waals surface area contributed by atoms with Gasteiger partial charge in [0.05, 0.1) is 12.7 Å². The summed E-state index contributed by atoms with van der Waals surface area (Å²) in [6, 6.07) is 6.95. The summed E-state index contributed by atoms with van der Waals surface area (Å²) in [4.78, 5) is 11.9. The van der Waals surface area contributed by atoms with Crippen LogP contribution in [0.3, 0.4) is 0 Å². The van der Waals surface area contributed by atoms with E-state index < -0.39 is 0 Å². The summed E-state index contributed by atoms with van der Waals surface area (Å²) < 4.78 is 1.64. The Bertz CT molecular complexity index is 626. The highest BCUT2D eigenvalue weighted by molar-refractivity contribution is 5.94. The van der Waals surface area contributed by atoms with Crippen molar-refractivity contribution in [2.75, 3.05) is 13.2 Å². The maximum atomic E-state index is 11.9. The van der Waals surface area contributed by atoms with E-state index in [1.165, 1.54) is 0 Å². The van der Waals surface area contributed by atoms with Gasteiger partial charge in [-0.15, -0.1) is 5.10 Å². The van der Waals surface area contributed by atoms with Crippen molar-refractivity contribution < 1.29 is 9.90 Å². The molecule has 6 nitrogen and oxygen atoms in total. The maximum Gasteiger partial charge on any atom is 0.251 e. The number of hydrogen-bond acceptors (Lipinski definition) is 4. The number of amides is 1. The highest BCUT2D eigenvalue weighted by atomic mass is 16.2. The smallest absolute Gasteiger partial charge is 0.251 e. The summed E-state index contributed by atoms with van der Waals surface area (Å²) in [5.41, 5.74) is 1.23. The molecule has 0 aliphatic heterocycles. The van der Waals surface area contributed by atoms with E-state index in [4.69, 9.17) is 5.11 Å². The number of carbonyl (C=O) groups excluding carboxylic acids is 1. The molecule has 0 spiro atoms. The molecule has 0 fully saturated rings. The first-order chi connectivity index (χ1) is 9.79. The van der Waals surface area contributed by atoms with E-state index in [9.17, 15) is 4.79 Å². The Labute approximate surface area is 116 Å². The van der Waals surface area contributed by atoms with Crippen LogP contribution in [0.15, 0.2) is 36.7 Å². The van der Waals surface area contributed by atoms with Gasteiger partial charge in [-0.25, -0.2) is 0 Å². The van der Waals surface area contributed by atoms with Crippen LogP contribution in [-0.2, 0) is 6.54 Å². The number of aliphatic hydroxyl groups is 1. The number of aliphatic hydroxyl groups excluding tert-OH is 1. The van der Waals surface area contributed by atoms with Crippen LogP contribution < -0.4 is 5.32 Å². The highest BCUT2D eigenvalue weighted by Crippen LogP contribution is 2.04. The van der Waals surface area contributed by atoms with Crippen LogP contribution in [0, 0.1) is 11.8 Å². The monoisotopic (exact) mass is 270 g/mol. The molecule has 0 aliphatic carbocycles. The van der Waals surface area contributed by atoms with Crippen LogP contribution in [0.25, 0.3) is 0 Å². The zero-order valence-corrected chi connectivity index (χ0v) is 10.8. The van der Waals surface area contributed by atoms with E-state index >= 15 is 0 Å². The van der Waals surface area contributed by atoms with E-state index in [0.717, 1.165) is 0 Å². The van der Waals surface area contributed by atoms with Crippen LogP contribution >= 0.6 is 0 Å². The predicted octanol–water partition coefficient (Wildman–Crippen LogP) is 0.0519. The Morgan fingerprint density at radius 3 is 3.10 bits per heavy atom. The van der Waals surface area contributed by atoms with E-state index in [-0.39, 0.29) is 12.5 Å². The average Bonchev–Trinajstić information content (AvgIpc) is 2.98. The molecule has 102 valence electrons. The molecule has 1 aromatic carbocycles.